The Morgan fingerprint density at radius 3 is 2.33 bits per heavy atom. The van der Waals surface area contributed by atoms with Gasteiger partial charge in [-0.1, -0.05) is 96.6 Å². The van der Waals surface area contributed by atoms with Crippen molar-refractivity contribution in [3.05, 3.63) is 170 Å². The summed E-state index contributed by atoms with van der Waals surface area (Å²) in [6.07, 6.45) is 4.92. The number of hydrogen-bond donors (Lipinski definition) is 1. The number of rotatable bonds is 4. The van der Waals surface area contributed by atoms with Gasteiger partial charge in [-0.15, -0.1) is 0 Å². The van der Waals surface area contributed by atoms with Crippen LogP contribution in [-0.2, 0) is 38.5 Å². The fraction of sp³-hybridized carbons (Fsp3) is 0.327. The number of fused-ring (bicyclic) bond motifs is 11. The molecule has 4 aliphatic rings. The maximum Gasteiger partial charge on any atom is 0.336 e. The first-order valence-corrected chi connectivity index (χ1v) is 19.8. The molecule has 5 aromatic rings. The second-order valence-corrected chi connectivity index (χ2v) is 16.4. The lowest BCUT2D eigenvalue weighted by Gasteiger charge is -2.43. The Balaban J connectivity index is 1.21. The highest BCUT2D eigenvalue weighted by atomic mass is 16.6. The second-order valence-electron chi connectivity index (χ2n) is 16.4. The summed E-state index contributed by atoms with van der Waals surface area (Å²) in [5.74, 6) is -0.765. The van der Waals surface area contributed by atoms with Crippen LogP contribution in [0.25, 0.3) is 11.0 Å². The molecular formula is C49H48O8. The van der Waals surface area contributed by atoms with E-state index in [-0.39, 0.29) is 35.3 Å². The average molecular weight is 765 g/mol. The quantitative estimate of drug-likeness (QED) is 0.0835. The Labute approximate surface area is 332 Å². The van der Waals surface area contributed by atoms with E-state index in [9.17, 15) is 19.5 Å². The zero-order valence-corrected chi connectivity index (χ0v) is 32.8. The third-order valence-electron chi connectivity index (χ3n) is 11.8. The molecule has 1 aliphatic carbocycles. The van der Waals surface area contributed by atoms with E-state index in [1.54, 1.807) is 26.0 Å². The summed E-state index contributed by atoms with van der Waals surface area (Å²) < 4.78 is 25.2. The summed E-state index contributed by atoms with van der Waals surface area (Å²) in [4.78, 5) is 41.6. The summed E-state index contributed by atoms with van der Waals surface area (Å²) in [5, 5.41) is 10.7. The maximum absolute atomic E-state index is 14.6. The molecule has 0 unspecified atom stereocenters. The molecular weight excluding hydrogens is 717 g/mol. The largest absolute Gasteiger partial charge is 0.483 e. The topological polar surface area (TPSA) is 112 Å². The molecule has 57 heavy (non-hydrogen) atoms. The fourth-order valence-electron chi connectivity index (χ4n) is 8.86. The first-order valence-electron chi connectivity index (χ1n) is 19.8. The van der Waals surface area contributed by atoms with Crippen molar-refractivity contribution in [2.75, 3.05) is 0 Å². The summed E-state index contributed by atoms with van der Waals surface area (Å²) in [7, 11) is 0. The van der Waals surface area contributed by atoms with Crippen molar-refractivity contribution in [2.45, 2.75) is 96.1 Å². The van der Waals surface area contributed by atoms with E-state index in [1.165, 1.54) is 22.8 Å². The number of aliphatic hydroxyl groups is 1. The molecule has 0 spiro atoms. The van der Waals surface area contributed by atoms with E-state index in [0.717, 1.165) is 23.1 Å². The van der Waals surface area contributed by atoms with Crippen LogP contribution in [-0.4, -0.2) is 28.8 Å². The number of aliphatic hydroxyl groups excluding tert-OH is 1. The van der Waals surface area contributed by atoms with E-state index < -0.39 is 42.0 Å². The molecule has 3 aliphatic heterocycles. The molecule has 9 rings (SSSR count). The van der Waals surface area contributed by atoms with Crippen LogP contribution in [0.2, 0.25) is 0 Å². The van der Waals surface area contributed by atoms with Crippen molar-refractivity contribution in [3.63, 3.8) is 0 Å². The Morgan fingerprint density at radius 2 is 1.58 bits per heavy atom. The molecule has 0 amide bonds. The van der Waals surface area contributed by atoms with Gasteiger partial charge in [0.1, 0.15) is 16.9 Å². The summed E-state index contributed by atoms with van der Waals surface area (Å²) >= 11 is 0. The molecule has 4 heterocycles. The lowest BCUT2D eigenvalue weighted by Crippen LogP contribution is -2.52. The van der Waals surface area contributed by atoms with Crippen molar-refractivity contribution in [3.8, 4) is 5.75 Å². The van der Waals surface area contributed by atoms with Crippen molar-refractivity contribution < 1.29 is 33.3 Å². The third-order valence-corrected chi connectivity index (χ3v) is 11.8. The molecule has 8 heteroatoms. The van der Waals surface area contributed by atoms with Gasteiger partial charge in [0.15, 0.2) is 12.2 Å². The van der Waals surface area contributed by atoms with Gasteiger partial charge in [0.05, 0.1) is 12.2 Å². The van der Waals surface area contributed by atoms with Crippen molar-refractivity contribution in [1.82, 2.24) is 0 Å². The number of ether oxygens (including phenoxy) is 3. The lowest BCUT2D eigenvalue weighted by molar-refractivity contribution is -0.188. The highest BCUT2D eigenvalue weighted by Gasteiger charge is 2.51. The normalized spacial score (nSPS) is 23.1. The summed E-state index contributed by atoms with van der Waals surface area (Å²) in [6.45, 7) is 6.94. The van der Waals surface area contributed by atoms with Gasteiger partial charge in [0.2, 0.25) is 0 Å². The molecule has 0 radical (unpaired) electrons. The van der Waals surface area contributed by atoms with Crippen LogP contribution in [0.3, 0.4) is 0 Å². The number of esters is 2. The van der Waals surface area contributed by atoms with Crippen LogP contribution < -0.4 is 10.4 Å². The zero-order chi connectivity index (χ0) is 39.8. The number of carbonyl (C=O) groups is 2. The van der Waals surface area contributed by atoms with E-state index >= 15 is 0 Å². The summed E-state index contributed by atoms with van der Waals surface area (Å²) in [6, 6.07) is 32.3. The first kappa shape index (κ1) is 38.2. The minimum atomic E-state index is -1.19. The summed E-state index contributed by atoms with van der Waals surface area (Å²) in [5.41, 5.74) is 6.14. The zero-order valence-electron chi connectivity index (χ0n) is 32.8. The number of aryl methyl sites for hydroxylation is 1. The van der Waals surface area contributed by atoms with E-state index in [0.29, 0.717) is 41.5 Å². The molecule has 292 valence electrons. The highest BCUT2D eigenvalue weighted by Crippen LogP contribution is 2.48. The predicted octanol–water partition coefficient (Wildman–Crippen LogP) is 9.36. The van der Waals surface area contributed by atoms with Crippen molar-refractivity contribution >= 4 is 22.9 Å². The van der Waals surface area contributed by atoms with Crippen LogP contribution in [0.4, 0.5) is 0 Å². The Morgan fingerprint density at radius 1 is 0.807 bits per heavy atom. The molecule has 2 bridgehead atoms. The maximum atomic E-state index is 14.6. The smallest absolute Gasteiger partial charge is 0.336 e. The van der Waals surface area contributed by atoms with Crippen LogP contribution in [0.1, 0.15) is 104 Å². The van der Waals surface area contributed by atoms with Crippen molar-refractivity contribution in [2.24, 2.45) is 5.92 Å². The number of carbonyl (C=O) groups excluding carboxylic acids is 2. The van der Waals surface area contributed by atoms with Gasteiger partial charge in [-0.25, -0.2) is 9.59 Å². The second kappa shape index (κ2) is 15.7. The van der Waals surface area contributed by atoms with E-state index in [2.05, 4.69) is 84.9 Å². The van der Waals surface area contributed by atoms with Gasteiger partial charge in [-0.05, 0) is 105 Å². The van der Waals surface area contributed by atoms with Gasteiger partial charge in [-0.2, -0.15) is 0 Å². The standard InChI is InChI=1S/C49H48O8/c1-29(2)38-19-15-30-13-16-33(17-14-30)39-20-18-35(34-12-8-11-32(24-34)23-31-9-6-5-7-10-31)25-36(39)26-42(51)55-46-44-41(57-49(3,4)47(46)56-48(38)53)22-21-40-37(28-50)27-43(52)54-45(40)44/h5-14,16-18,20-22,24,27,35-36,39,46-47,50H,15,19,23,25-26,28H2,1-4H3/t35-,36+,39-,46+,47+/m1/s1. The minimum Gasteiger partial charge on any atom is -0.483 e. The molecule has 1 N–H and O–H groups in total. The van der Waals surface area contributed by atoms with Crippen LogP contribution in [0.5, 0.6) is 5.75 Å². The molecule has 5 atom stereocenters. The minimum absolute atomic E-state index is 0.0467. The Bertz CT molecular complexity index is 2430. The van der Waals surface area contributed by atoms with Gasteiger partial charge < -0.3 is 23.7 Å². The average Bonchev–Trinajstić information content (AvgIpc) is 3.19. The molecule has 0 saturated carbocycles. The van der Waals surface area contributed by atoms with Crippen LogP contribution >= 0.6 is 0 Å². The Hall–Kier alpha value is -5.73. The first-order chi connectivity index (χ1) is 27.5. The SMILES string of the molecule is CC(C)=C1CCc2ccc(cc2)[C@H]2C=C[C@@H](c3cccc(Cc4ccccc4)c3)C[C@H]2CC(=O)O[C@H]2c3c(ccc4c(CO)cc(=O)oc34)OC(C)(C)[C@H]2OC1=O. The monoisotopic (exact) mass is 764 g/mol. The third kappa shape index (κ3) is 7.83. The van der Waals surface area contributed by atoms with E-state index in [4.69, 9.17) is 18.6 Å². The fourth-order valence-corrected chi connectivity index (χ4v) is 8.86. The molecule has 8 nitrogen and oxygen atoms in total. The van der Waals surface area contributed by atoms with Crippen LogP contribution in [0, 0.1) is 5.92 Å². The predicted molar refractivity (Wildman–Crippen MR) is 218 cm³/mol. The molecule has 1 aromatic heterocycles. The molecule has 4 aromatic carbocycles. The molecule has 0 saturated heterocycles. The van der Waals surface area contributed by atoms with Gasteiger partial charge in [0.25, 0.3) is 0 Å². The molecule has 0 fully saturated rings. The Kier molecular flexibility index (Phi) is 10.5. The van der Waals surface area contributed by atoms with Crippen molar-refractivity contribution in [1.29, 1.82) is 0 Å². The number of benzene rings is 4. The van der Waals surface area contributed by atoms with E-state index in [1.807, 2.05) is 19.9 Å². The van der Waals surface area contributed by atoms with Crippen LogP contribution in [0.15, 0.2) is 130 Å². The lowest BCUT2D eigenvalue weighted by atomic mass is 9.72. The highest BCUT2D eigenvalue weighted by molar-refractivity contribution is 5.90. The van der Waals surface area contributed by atoms with Gasteiger partial charge in [0, 0.05) is 35.3 Å². The number of hydrogen-bond acceptors (Lipinski definition) is 8. The van der Waals surface area contributed by atoms with Gasteiger partial charge in [-0.3, -0.25) is 4.79 Å². The number of allylic oxidation sites excluding steroid dienone is 3. The van der Waals surface area contributed by atoms with Gasteiger partial charge >= 0.3 is 17.6 Å².